The highest BCUT2D eigenvalue weighted by atomic mass is 19.2. The summed E-state index contributed by atoms with van der Waals surface area (Å²) < 4.78 is 51.8. The van der Waals surface area contributed by atoms with E-state index in [1.54, 1.807) is 0 Å². The average Bonchev–Trinajstić information content (AvgIpc) is 2.23. The van der Waals surface area contributed by atoms with E-state index in [1.165, 1.54) is 6.07 Å². The van der Waals surface area contributed by atoms with Gasteiger partial charge in [0.1, 0.15) is 5.82 Å². The van der Waals surface area contributed by atoms with E-state index in [4.69, 9.17) is 5.73 Å². The van der Waals surface area contributed by atoms with Crippen molar-refractivity contribution in [1.82, 2.24) is 0 Å². The van der Waals surface area contributed by atoms with Gasteiger partial charge in [-0.1, -0.05) is 0 Å². The topological polar surface area (TPSA) is 26.0 Å². The molecule has 1 nitrogen and oxygen atoms in total. The summed E-state index contributed by atoms with van der Waals surface area (Å²) >= 11 is 0. The number of nitrogens with two attached hydrogens (primary N) is 1. The molecule has 0 aliphatic carbocycles. The molecule has 0 heterocycles. The fourth-order valence-corrected chi connectivity index (χ4v) is 1.50. The van der Waals surface area contributed by atoms with Crippen LogP contribution in [0.4, 0.5) is 23.2 Å². The summed E-state index contributed by atoms with van der Waals surface area (Å²) in [6.07, 6.45) is 0. The van der Waals surface area contributed by atoms with Crippen molar-refractivity contribution >= 4 is 5.69 Å². The second-order valence-electron chi connectivity index (χ2n) is 3.53. The summed E-state index contributed by atoms with van der Waals surface area (Å²) in [5, 5.41) is 0. The number of hydrogen-bond donors (Lipinski definition) is 1. The first-order valence-corrected chi connectivity index (χ1v) is 4.68. The Morgan fingerprint density at radius 2 is 1.24 bits per heavy atom. The first-order valence-electron chi connectivity index (χ1n) is 4.68. The van der Waals surface area contributed by atoms with Gasteiger partial charge in [0.25, 0.3) is 0 Å². The molecule has 2 N–H and O–H groups in total. The number of nitrogen functional groups attached to an aromatic ring is 1. The van der Waals surface area contributed by atoms with Crippen molar-refractivity contribution in [2.45, 2.75) is 0 Å². The number of benzene rings is 2. The summed E-state index contributed by atoms with van der Waals surface area (Å²) in [7, 11) is 0. The van der Waals surface area contributed by atoms with Gasteiger partial charge in [-0.2, -0.15) is 0 Å². The van der Waals surface area contributed by atoms with E-state index in [0.29, 0.717) is 0 Å². The normalized spacial score (nSPS) is 10.6. The van der Waals surface area contributed by atoms with Crippen LogP contribution in [0.15, 0.2) is 30.3 Å². The van der Waals surface area contributed by atoms with Gasteiger partial charge in [0.05, 0.1) is 0 Å². The molecule has 0 unspecified atom stereocenters. The molecule has 5 heteroatoms. The van der Waals surface area contributed by atoms with E-state index in [-0.39, 0.29) is 16.8 Å². The summed E-state index contributed by atoms with van der Waals surface area (Å²) in [6.45, 7) is 0. The van der Waals surface area contributed by atoms with Crippen LogP contribution >= 0.6 is 0 Å². The Morgan fingerprint density at radius 1 is 0.706 bits per heavy atom. The first-order chi connectivity index (χ1) is 7.97. The molecule has 88 valence electrons. The number of halogens is 4. The lowest BCUT2D eigenvalue weighted by Crippen LogP contribution is -1.93. The van der Waals surface area contributed by atoms with Crippen LogP contribution in [-0.4, -0.2) is 0 Å². The minimum absolute atomic E-state index is 0.0209. The SMILES string of the molecule is Nc1cc(F)cc(-c2cc(F)c(F)c(F)c2)c1. The van der Waals surface area contributed by atoms with Crippen LogP contribution in [0.5, 0.6) is 0 Å². The van der Waals surface area contributed by atoms with Crippen LogP contribution in [0.1, 0.15) is 0 Å². The van der Waals surface area contributed by atoms with Crippen LogP contribution in [0.25, 0.3) is 11.1 Å². The molecule has 0 saturated heterocycles. The van der Waals surface area contributed by atoms with Gasteiger partial charge in [-0.3, -0.25) is 0 Å². The number of hydrogen-bond acceptors (Lipinski definition) is 1. The van der Waals surface area contributed by atoms with Crippen molar-refractivity contribution in [3.63, 3.8) is 0 Å². The highest BCUT2D eigenvalue weighted by Crippen LogP contribution is 2.26. The summed E-state index contributed by atoms with van der Waals surface area (Å²) in [5.41, 5.74) is 5.72. The predicted octanol–water partition coefficient (Wildman–Crippen LogP) is 3.49. The van der Waals surface area contributed by atoms with Crippen molar-refractivity contribution in [3.8, 4) is 11.1 Å². The van der Waals surface area contributed by atoms with E-state index in [0.717, 1.165) is 24.3 Å². The largest absolute Gasteiger partial charge is 0.399 e. The molecule has 0 aromatic heterocycles. The van der Waals surface area contributed by atoms with E-state index in [9.17, 15) is 17.6 Å². The maximum absolute atomic E-state index is 13.1. The van der Waals surface area contributed by atoms with Crippen molar-refractivity contribution < 1.29 is 17.6 Å². The second kappa shape index (κ2) is 4.08. The fraction of sp³-hybridized carbons (Fsp3) is 0. The molecule has 0 amide bonds. The highest BCUT2D eigenvalue weighted by molar-refractivity contribution is 5.67. The van der Waals surface area contributed by atoms with Crippen molar-refractivity contribution in [2.24, 2.45) is 0 Å². The van der Waals surface area contributed by atoms with Gasteiger partial charge in [-0.05, 0) is 41.5 Å². The molecular formula is C12H7F4N. The zero-order valence-corrected chi connectivity index (χ0v) is 8.48. The molecule has 0 aliphatic heterocycles. The van der Waals surface area contributed by atoms with E-state index >= 15 is 0 Å². The molecule has 0 spiro atoms. The van der Waals surface area contributed by atoms with Crippen LogP contribution in [0.3, 0.4) is 0 Å². The Labute approximate surface area is 94.5 Å². The summed E-state index contributed by atoms with van der Waals surface area (Å²) in [6, 6.07) is 5.04. The summed E-state index contributed by atoms with van der Waals surface area (Å²) in [4.78, 5) is 0. The predicted molar refractivity (Wildman–Crippen MR) is 56.1 cm³/mol. The van der Waals surface area contributed by atoms with Crippen LogP contribution in [0.2, 0.25) is 0 Å². The van der Waals surface area contributed by atoms with Crippen LogP contribution in [0, 0.1) is 23.3 Å². The van der Waals surface area contributed by atoms with Gasteiger partial charge < -0.3 is 5.73 Å². The molecule has 0 bridgehead atoms. The third-order valence-electron chi connectivity index (χ3n) is 2.24. The second-order valence-corrected chi connectivity index (χ2v) is 3.53. The van der Waals surface area contributed by atoms with Gasteiger partial charge in [0, 0.05) is 5.69 Å². The van der Waals surface area contributed by atoms with Gasteiger partial charge in [0.15, 0.2) is 17.5 Å². The zero-order valence-electron chi connectivity index (χ0n) is 8.48. The van der Waals surface area contributed by atoms with Crippen LogP contribution < -0.4 is 5.73 Å². The monoisotopic (exact) mass is 241 g/mol. The zero-order chi connectivity index (χ0) is 12.6. The molecule has 0 saturated carbocycles. The molecule has 0 fully saturated rings. The van der Waals surface area contributed by atoms with Crippen molar-refractivity contribution in [2.75, 3.05) is 5.73 Å². The lowest BCUT2D eigenvalue weighted by Gasteiger charge is -2.05. The maximum Gasteiger partial charge on any atom is 0.194 e. The molecule has 2 rings (SSSR count). The molecular weight excluding hydrogens is 234 g/mol. The Bertz CT molecular complexity index is 537. The van der Waals surface area contributed by atoms with Gasteiger partial charge in [-0.15, -0.1) is 0 Å². The molecule has 2 aromatic carbocycles. The molecule has 0 atom stereocenters. The molecule has 17 heavy (non-hydrogen) atoms. The lowest BCUT2D eigenvalue weighted by atomic mass is 10.0. The Kier molecular flexibility index (Phi) is 2.75. The Balaban J connectivity index is 2.60. The third kappa shape index (κ3) is 2.22. The maximum atomic E-state index is 13.1. The third-order valence-corrected chi connectivity index (χ3v) is 2.24. The standard InChI is InChI=1S/C12H7F4N/c13-8-1-6(2-9(17)5-8)7-3-10(14)12(16)11(15)4-7/h1-5H,17H2. The first kappa shape index (κ1) is 11.4. The van der Waals surface area contributed by atoms with E-state index < -0.39 is 23.3 Å². The van der Waals surface area contributed by atoms with Crippen molar-refractivity contribution in [3.05, 3.63) is 53.6 Å². The number of rotatable bonds is 1. The Morgan fingerprint density at radius 3 is 1.76 bits per heavy atom. The van der Waals surface area contributed by atoms with Crippen LogP contribution in [-0.2, 0) is 0 Å². The smallest absolute Gasteiger partial charge is 0.194 e. The fourth-order valence-electron chi connectivity index (χ4n) is 1.50. The molecule has 2 aromatic rings. The quantitative estimate of drug-likeness (QED) is 0.461. The van der Waals surface area contributed by atoms with Gasteiger partial charge in [0.2, 0.25) is 0 Å². The summed E-state index contributed by atoms with van der Waals surface area (Å²) in [5.74, 6) is -4.85. The molecule has 0 radical (unpaired) electrons. The number of anilines is 1. The highest BCUT2D eigenvalue weighted by Gasteiger charge is 2.12. The lowest BCUT2D eigenvalue weighted by molar-refractivity contribution is 0.447. The van der Waals surface area contributed by atoms with Crippen molar-refractivity contribution in [1.29, 1.82) is 0 Å². The molecule has 0 aliphatic rings. The van der Waals surface area contributed by atoms with Gasteiger partial charge in [-0.25, -0.2) is 17.6 Å². The van der Waals surface area contributed by atoms with E-state index in [1.807, 2.05) is 0 Å². The van der Waals surface area contributed by atoms with Gasteiger partial charge >= 0.3 is 0 Å². The van der Waals surface area contributed by atoms with E-state index in [2.05, 4.69) is 0 Å². The average molecular weight is 241 g/mol. The Hall–Kier alpha value is -2.04. The minimum Gasteiger partial charge on any atom is -0.399 e. The minimum atomic E-state index is -1.56.